The molecule has 15 nitrogen and oxygen atoms in total. The molecule has 2 bridgehead atoms. The Morgan fingerprint density at radius 2 is 1.71 bits per heavy atom. The Morgan fingerprint density at radius 1 is 0.912 bits per heavy atom. The van der Waals surface area contributed by atoms with Gasteiger partial charge in [0.1, 0.15) is 17.2 Å². The first-order chi connectivity index (χ1) is 32.7. The van der Waals surface area contributed by atoms with Crippen LogP contribution in [0.3, 0.4) is 0 Å². The van der Waals surface area contributed by atoms with E-state index in [1.54, 1.807) is 28.9 Å². The number of aryl methyl sites for hydroxylation is 1. The number of piperazine rings is 1. The fourth-order valence-corrected chi connectivity index (χ4v) is 11.4. The highest BCUT2D eigenvalue weighted by molar-refractivity contribution is 7.13. The van der Waals surface area contributed by atoms with Gasteiger partial charge in [-0.15, -0.1) is 11.3 Å². The number of imidazole rings is 1. The van der Waals surface area contributed by atoms with Crippen molar-refractivity contribution >= 4 is 57.4 Å². The summed E-state index contributed by atoms with van der Waals surface area (Å²) in [7, 11) is 0. The predicted molar refractivity (Wildman–Crippen MR) is 242 cm³/mol. The average Bonchev–Trinajstić information content (AvgIpc) is 4.13. The molecular formula is C48H46F4N10O5S. The van der Waals surface area contributed by atoms with Gasteiger partial charge in [-0.1, -0.05) is 18.2 Å². The highest BCUT2D eigenvalue weighted by atomic mass is 32.1. The fourth-order valence-electron chi connectivity index (χ4n) is 10.9. The molecule has 8 heterocycles. The predicted octanol–water partition coefficient (Wildman–Crippen LogP) is 5.56. The van der Waals surface area contributed by atoms with Crippen molar-refractivity contribution in [3.8, 4) is 11.1 Å². The molecule has 352 valence electrons. The summed E-state index contributed by atoms with van der Waals surface area (Å²) < 4.78 is 64.7. The molecule has 2 aromatic heterocycles. The summed E-state index contributed by atoms with van der Waals surface area (Å²) in [5.74, 6) is -8.38. The molecule has 5 amide bonds. The minimum absolute atomic E-state index is 0.0575. The molecule has 5 aromatic rings. The molecule has 12 rings (SSSR count). The van der Waals surface area contributed by atoms with E-state index in [1.165, 1.54) is 39.3 Å². The van der Waals surface area contributed by atoms with Crippen molar-refractivity contribution in [1.82, 2.24) is 34.6 Å². The maximum atomic E-state index is 16.0. The van der Waals surface area contributed by atoms with Gasteiger partial charge in [-0.05, 0) is 91.7 Å². The number of carbonyl (C=O) groups is 5. The lowest BCUT2D eigenvalue weighted by Gasteiger charge is -2.50. The summed E-state index contributed by atoms with van der Waals surface area (Å²) in [6.45, 7) is 1.67. The molecule has 1 saturated carbocycles. The van der Waals surface area contributed by atoms with Crippen LogP contribution in [0.25, 0.3) is 11.1 Å². The molecule has 3 aromatic carbocycles. The number of piperidine rings is 3. The summed E-state index contributed by atoms with van der Waals surface area (Å²) in [4.78, 5) is 81.0. The van der Waals surface area contributed by atoms with E-state index in [0.29, 0.717) is 67.4 Å². The normalized spacial score (nSPS) is 23.5. The number of aromatic nitrogens is 3. The van der Waals surface area contributed by atoms with E-state index in [9.17, 15) is 24.0 Å². The minimum Gasteiger partial charge on any atom is -0.371 e. The van der Waals surface area contributed by atoms with E-state index in [2.05, 4.69) is 30.8 Å². The molecule has 2 atom stereocenters. The number of imide groups is 1. The van der Waals surface area contributed by atoms with Crippen LogP contribution in [0.1, 0.15) is 70.5 Å². The van der Waals surface area contributed by atoms with Gasteiger partial charge < -0.3 is 24.6 Å². The molecule has 0 radical (unpaired) electrons. The molecule has 68 heavy (non-hydrogen) atoms. The van der Waals surface area contributed by atoms with Crippen LogP contribution in [0.5, 0.6) is 0 Å². The van der Waals surface area contributed by atoms with Gasteiger partial charge in [0.05, 0.1) is 37.6 Å². The second-order valence-electron chi connectivity index (χ2n) is 18.6. The van der Waals surface area contributed by atoms with Crippen molar-refractivity contribution in [2.45, 2.75) is 68.6 Å². The summed E-state index contributed by atoms with van der Waals surface area (Å²) in [5.41, 5.74) is 2.91. The maximum absolute atomic E-state index is 16.0. The third-order valence-corrected chi connectivity index (χ3v) is 15.2. The van der Waals surface area contributed by atoms with Crippen molar-refractivity contribution in [2.75, 3.05) is 61.3 Å². The van der Waals surface area contributed by atoms with E-state index >= 15 is 17.6 Å². The fraction of sp³-hybridized carbons (Fsp3) is 0.396. The van der Waals surface area contributed by atoms with Crippen molar-refractivity contribution in [2.24, 2.45) is 5.92 Å². The zero-order chi connectivity index (χ0) is 47.1. The molecule has 7 aliphatic rings. The van der Waals surface area contributed by atoms with Crippen LogP contribution in [0.15, 0.2) is 72.5 Å². The number of likely N-dealkylation sites (tertiary alicyclic amines) is 1. The third-order valence-electron chi connectivity index (χ3n) is 14.5. The number of carbonyl (C=O) groups excluding carboxylic acids is 5. The van der Waals surface area contributed by atoms with E-state index < -0.39 is 59.3 Å². The SMILES string of the molecule is O=C1NC(=O)C2(Nc3ccc(C4CCN(CC(=O)N5CCN(c6ccc(-c7cc(F)c8c(c7)C(=O)N(C(C(=O)Nc7nccs7)c7ncn9c7CCC9)C8)cc6)CC5)CC4(F)F)c(F)c3)CC1C2. The van der Waals surface area contributed by atoms with Gasteiger partial charge in [0, 0.05) is 78.4 Å². The molecule has 4 saturated heterocycles. The first kappa shape index (κ1) is 43.9. The zero-order valence-electron chi connectivity index (χ0n) is 36.7. The highest BCUT2D eigenvalue weighted by Gasteiger charge is 2.58. The number of halogens is 4. The van der Waals surface area contributed by atoms with Gasteiger partial charge in [0.25, 0.3) is 23.6 Å². The van der Waals surface area contributed by atoms with Crippen LogP contribution in [0.2, 0.25) is 0 Å². The van der Waals surface area contributed by atoms with Crippen LogP contribution in [0, 0.1) is 17.6 Å². The number of alkyl halides is 2. The first-order valence-electron chi connectivity index (χ1n) is 22.8. The molecule has 0 spiro atoms. The minimum atomic E-state index is -3.31. The Morgan fingerprint density at radius 3 is 2.43 bits per heavy atom. The standard InChI is InChI=1S/C48H46F4N10O5S/c49-36-19-28(18-33-34(36)23-62(44(33)66)41(43(65)56-46-53-10-17-68-46)40-38-2-1-11-61(38)26-54-40)27-3-6-31(7-4-27)59-13-15-60(16-14-59)39(63)24-58-12-9-35(48(51,52)25-58)32-8-5-30(20-37(32)50)57-47-21-29(22-47)42(64)55-45(47)67/h3-8,10,17-20,26,29,35,41,57H,1-2,9,11-16,21-25H2,(H,53,56,65)(H,55,64,67). The van der Waals surface area contributed by atoms with Crippen LogP contribution in [-0.4, -0.2) is 116 Å². The Balaban J connectivity index is 0.694. The number of thiazole rings is 1. The smallest absolute Gasteiger partial charge is 0.267 e. The average molecular weight is 951 g/mol. The maximum Gasteiger partial charge on any atom is 0.267 e. The first-order valence-corrected chi connectivity index (χ1v) is 23.7. The third kappa shape index (κ3) is 7.76. The van der Waals surface area contributed by atoms with Crippen molar-refractivity contribution in [1.29, 1.82) is 0 Å². The molecule has 20 heteroatoms. The lowest BCUT2D eigenvalue weighted by Crippen LogP contribution is -2.69. The Kier molecular flexibility index (Phi) is 10.9. The number of nitrogens with zero attached hydrogens (tertiary/aromatic N) is 7. The number of hydrogen-bond donors (Lipinski definition) is 3. The van der Waals surface area contributed by atoms with Gasteiger partial charge in [0.15, 0.2) is 11.2 Å². The van der Waals surface area contributed by atoms with Gasteiger partial charge in [-0.2, -0.15) is 0 Å². The number of benzene rings is 3. The van der Waals surface area contributed by atoms with Crippen molar-refractivity contribution in [3.05, 3.63) is 112 Å². The molecule has 3 N–H and O–H groups in total. The second kappa shape index (κ2) is 16.8. The van der Waals surface area contributed by atoms with Crippen LogP contribution < -0.4 is 20.9 Å². The molecule has 2 unspecified atom stereocenters. The topological polar surface area (TPSA) is 165 Å². The molecular weight excluding hydrogens is 905 g/mol. The van der Waals surface area contributed by atoms with Crippen molar-refractivity contribution in [3.63, 3.8) is 0 Å². The number of fused-ring (bicyclic) bond motifs is 4. The Bertz CT molecular complexity index is 2860. The van der Waals surface area contributed by atoms with E-state index in [4.69, 9.17) is 0 Å². The van der Waals surface area contributed by atoms with E-state index in [1.807, 2.05) is 28.8 Å². The van der Waals surface area contributed by atoms with Crippen LogP contribution in [0.4, 0.5) is 34.1 Å². The van der Waals surface area contributed by atoms with Crippen LogP contribution in [-0.2, 0) is 38.7 Å². The monoisotopic (exact) mass is 950 g/mol. The summed E-state index contributed by atoms with van der Waals surface area (Å²) in [5, 5.41) is 10.3. The summed E-state index contributed by atoms with van der Waals surface area (Å²) in [6.07, 6.45) is 5.38. The zero-order valence-corrected chi connectivity index (χ0v) is 37.5. The number of anilines is 3. The van der Waals surface area contributed by atoms with Gasteiger partial charge in [0.2, 0.25) is 11.8 Å². The lowest BCUT2D eigenvalue weighted by molar-refractivity contribution is -0.149. The highest BCUT2D eigenvalue weighted by Crippen LogP contribution is 2.46. The Hall–Kier alpha value is -6.67. The molecule has 1 aliphatic carbocycles. The van der Waals surface area contributed by atoms with Crippen LogP contribution >= 0.6 is 11.3 Å². The second-order valence-corrected chi connectivity index (χ2v) is 19.5. The summed E-state index contributed by atoms with van der Waals surface area (Å²) in [6, 6.07) is 13.4. The molecule has 5 fully saturated rings. The van der Waals surface area contributed by atoms with E-state index in [-0.39, 0.29) is 66.2 Å². The Labute approximate surface area is 391 Å². The number of amides is 5. The van der Waals surface area contributed by atoms with Gasteiger partial charge in [-0.25, -0.2) is 27.5 Å². The number of hydrogen-bond acceptors (Lipinski definition) is 11. The van der Waals surface area contributed by atoms with Gasteiger partial charge in [-0.3, -0.25) is 39.5 Å². The quantitative estimate of drug-likeness (QED) is 0.113. The number of nitrogens with one attached hydrogen (secondary N) is 3. The van der Waals surface area contributed by atoms with E-state index in [0.717, 1.165) is 30.4 Å². The lowest BCUT2D eigenvalue weighted by atomic mass is 9.64. The summed E-state index contributed by atoms with van der Waals surface area (Å²) >= 11 is 1.25. The van der Waals surface area contributed by atoms with Crippen molar-refractivity contribution < 1.29 is 41.5 Å². The number of rotatable bonds is 11. The van der Waals surface area contributed by atoms with Gasteiger partial charge >= 0.3 is 0 Å². The molecule has 6 aliphatic heterocycles. The largest absolute Gasteiger partial charge is 0.371 e.